The number of ether oxygens (including phenoxy) is 2. The topological polar surface area (TPSA) is 107 Å². The van der Waals surface area contributed by atoms with E-state index in [1.165, 1.54) is 6.92 Å². The fourth-order valence-corrected chi connectivity index (χ4v) is 7.90. The molecule has 0 bridgehead atoms. The summed E-state index contributed by atoms with van der Waals surface area (Å²) >= 11 is 0. The molecule has 0 aromatic carbocycles. The van der Waals surface area contributed by atoms with Crippen LogP contribution in [0.15, 0.2) is 23.8 Å². The van der Waals surface area contributed by atoms with Crippen LogP contribution in [0, 0.1) is 28.6 Å². The quantitative estimate of drug-likeness (QED) is 0.544. The van der Waals surface area contributed by atoms with Crippen molar-refractivity contribution < 1.29 is 33.8 Å². The number of allylic oxidation sites excluding steroid dienone is 4. The maximum absolute atomic E-state index is 13.6. The highest BCUT2D eigenvalue weighted by molar-refractivity contribution is 6.01. The van der Waals surface area contributed by atoms with Gasteiger partial charge in [0.2, 0.25) is 5.78 Å². The molecule has 0 aromatic heterocycles. The van der Waals surface area contributed by atoms with Crippen LogP contribution in [0.5, 0.6) is 0 Å². The Morgan fingerprint density at radius 3 is 2.63 bits per heavy atom. The number of hydrogen-bond donors (Lipinski definition) is 1. The van der Waals surface area contributed by atoms with E-state index >= 15 is 0 Å². The summed E-state index contributed by atoms with van der Waals surface area (Å²) < 4.78 is 11.1. The smallest absolute Gasteiger partial charge is 0.306 e. The molecule has 3 fully saturated rings. The summed E-state index contributed by atoms with van der Waals surface area (Å²) in [6.07, 6.45) is 9.20. The fraction of sp³-hybridized carbons (Fsp3) is 0.714. The third-order valence-electron chi connectivity index (χ3n) is 9.48. The van der Waals surface area contributed by atoms with Gasteiger partial charge >= 0.3 is 11.9 Å². The van der Waals surface area contributed by atoms with Gasteiger partial charge in [-0.3, -0.25) is 19.2 Å². The van der Waals surface area contributed by atoms with E-state index in [0.717, 1.165) is 24.8 Å². The van der Waals surface area contributed by atoms with Crippen molar-refractivity contribution in [1.82, 2.24) is 0 Å². The molecule has 0 aromatic rings. The van der Waals surface area contributed by atoms with Crippen LogP contribution >= 0.6 is 0 Å². The second kappa shape index (κ2) is 9.30. The fourth-order valence-electron chi connectivity index (χ4n) is 7.90. The van der Waals surface area contributed by atoms with Crippen molar-refractivity contribution in [3.05, 3.63) is 23.8 Å². The number of aliphatic hydroxyl groups is 1. The zero-order chi connectivity index (χ0) is 25.6. The second-order valence-corrected chi connectivity index (χ2v) is 11.4. The molecule has 1 N–H and O–H groups in total. The Morgan fingerprint density at radius 1 is 1.20 bits per heavy atom. The number of Topliss-reactive ketones (excluding diaryl/α,β-unsaturated/α-hetero) is 1. The minimum absolute atomic E-state index is 0.0140. The van der Waals surface area contributed by atoms with Crippen molar-refractivity contribution >= 4 is 23.5 Å². The summed E-state index contributed by atoms with van der Waals surface area (Å²) in [5, 5.41) is 11.6. The average Bonchev–Trinajstić information content (AvgIpc) is 3.08. The third kappa shape index (κ3) is 4.09. The monoisotopic (exact) mass is 486 g/mol. The van der Waals surface area contributed by atoms with Gasteiger partial charge in [-0.1, -0.05) is 38.8 Å². The first-order chi connectivity index (χ1) is 16.5. The van der Waals surface area contributed by atoms with Crippen LogP contribution in [-0.2, 0) is 28.7 Å². The average molecular weight is 487 g/mol. The van der Waals surface area contributed by atoms with Gasteiger partial charge in [0.25, 0.3) is 0 Å². The maximum atomic E-state index is 13.6. The van der Waals surface area contributed by atoms with Crippen LogP contribution in [0.1, 0.15) is 79.1 Å². The van der Waals surface area contributed by atoms with E-state index in [1.54, 1.807) is 12.2 Å². The summed E-state index contributed by atoms with van der Waals surface area (Å²) in [7, 11) is 0. The molecule has 0 heterocycles. The van der Waals surface area contributed by atoms with Gasteiger partial charge in [-0.05, 0) is 62.5 Å². The molecule has 4 aliphatic rings. The van der Waals surface area contributed by atoms with Crippen LogP contribution in [0.25, 0.3) is 0 Å². The maximum Gasteiger partial charge on any atom is 0.306 e. The highest BCUT2D eigenvalue weighted by Gasteiger charge is 2.70. The molecule has 3 saturated carbocycles. The molecule has 35 heavy (non-hydrogen) atoms. The summed E-state index contributed by atoms with van der Waals surface area (Å²) in [4.78, 5) is 50.0. The lowest BCUT2D eigenvalue weighted by atomic mass is 9.46. The van der Waals surface area contributed by atoms with Gasteiger partial charge in [0, 0.05) is 30.1 Å². The Bertz CT molecular complexity index is 980. The number of esters is 2. The lowest BCUT2D eigenvalue weighted by Gasteiger charge is -2.59. The van der Waals surface area contributed by atoms with Crippen LogP contribution in [-0.4, -0.2) is 46.9 Å². The van der Waals surface area contributed by atoms with E-state index in [2.05, 4.69) is 6.92 Å². The number of unbranched alkanes of at least 4 members (excludes halogenated alkanes) is 1. The zero-order valence-corrected chi connectivity index (χ0v) is 21.3. The predicted octanol–water partition coefficient (Wildman–Crippen LogP) is 3.87. The summed E-state index contributed by atoms with van der Waals surface area (Å²) in [5.41, 5.74) is -1.56. The Labute approximate surface area is 207 Å². The van der Waals surface area contributed by atoms with Gasteiger partial charge in [-0.25, -0.2) is 0 Å². The molecule has 0 spiro atoms. The van der Waals surface area contributed by atoms with Crippen LogP contribution < -0.4 is 0 Å². The molecule has 0 radical (unpaired) electrons. The molecule has 0 aliphatic heterocycles. The van der Waals surface area contributed by atoms with E-state index < -0.39 is 46.9 Å². The highest BCUT2D eigenvalue weighted by Crippen LogP contribution is 2.67. The Hall–Kier alpha value is -2.28. The number of ketones is 2. The summed E-state index contributed by atoms with van der Waals surface area (Å²) in [5.74, 6) is -1.32. The molecular formula is C28H38O7. The van der Waals surface area contributed by atoms with E-state index in [-0.39, 0.29) is 30.0 Å². The number of carbonyl (C=O) groups is 4. The van der Waals surface area contributed by atoms with Crippen molar-refractivity contribution in [2.45, 2.75) is 90.8 Å². The normalized spacial score (nSPS) is 39.7. The molecule has 4 rings (SSSR count). The molecule has 192 valence electrons. The molecule has 0 amide bonds. The molecule has 1 unspecified atom stereocenters. The van der Waals surface area contributed by atoms with Gasteiger partial charge in [0.15, 0.2) is 18.0 Å². The van der Waals surface area contributed by atoms with Crippen molar-refractivity contribution in [1.29, 1.82) is 0 Å². The second-order valence-electron chi connectivity index (χ2n) is 11.4. The number of rotatable bonds is 7. The Balaban J connectivity index is 1.64. The van der Waals surface area contributed by atoms with E-state index in [0.29, 0.717) is 25.7 Å². The van der Waals surface area contributed by atoms with Crippen molar-refractivity contribution in [2.75, 3.05) is 6.61 Å². The lowest BCUT2D eigenvalue weighted by Crippen LogP contribution is -2.63. The van der Waals surface area contributed by atoms with Gasteiger partial charge in [-0.2, -0.15) is 0 Å². The molecule has 0 saturated heterocycles. The van der Waals surface area contributed by atoms with Gasteiger partial charge in [0.05, 0.1) is 6.10 Å². The Kier molecular flexibility index (Phi) is 6.86. The molecule has 7 heteroatoms. The molecule has 4 aliphatic carbocycles. The summed E-state index contributed by atoms with van der Waals surface area (Å²) in [6, 6.07) is 0. The van der Waals surface area contributed by atoms with Crippen LogP contribution in [0.2, 0.25) is 0 Å². The van der Waals surface area contributed by atoms with Gasteiger partial charge < -0.3 is 14.6 Å². The molecular weight excluding hydrogens is 448 g/mol. The number of hydrogen-bond acceptors (Lipinski definition) is 7. The molecule has 7 atom stereocenters. The first-order valence-electron chi connectivity index (χ1n) is 13.0. The largest absolute Gasteiger partial charge is 0.457 e. The summed E-state index contributed by atoms with van der Waals surface area (Å²) in [6.45, 7) is 6.89. The zero-order valence-electron chi connectivity index (χ0n) is 21.3. The lowest BCUT2D eigenvalue weighted by molar-refractivity contribution is -0.199. The standard InChI is InChI=1S/C28H38O7/c1-5-6-7-24(33)34-16-23(32)28(35-17(2)29)13-11-21-20-9-8-18-14-19(30)10-12-26(18,3)25(20)22(31)15-27(21,28)4/h10,12,14,20-22,25,31H,5-9,11,13,15-16H2,1-4H3/t20-,21-,22?,25+,26-,27-,28-/m0/s1. The first kappa shape index (κ1) is 25.8. The number of aliphatic hydroxyl groups excluding tert-OH is 1. The van der Waals surface area contributed by atoms with Crippen molar-refractivity contribution in [2.24, 2.45) is 28.6 Å². The molecule has 7 nitrogen and oxygen atoms in total. The van der Waals surface area contributed by atoms with E-state index in [1.807, 2.05) is 19.9 Å². The highest BCUT2D eigenvalue weighted by atomic mass is 16.6. The first-order valence-corrected chi connectivity index (χ1v) is 13.0. The van der Waals surface area contributed by atoms with Crippen LogP contribution in [0.4, 0.5) is 0 Å². The third-order valence-corrected chi connectivity index (χ3v) is 9.48. The Morgan fingerprint density at radius 2 is 1.94 bits per heavy atom. The van der Waals surface area contributed by atoms with Gasteiger partial charge in [0.1, 0.15) is 0 Å². The van der Waals surface area contributed by atoms with Crippen LogP contribution in [0.3, 0.4) is 0 Å². The van der Waals surface area contributed by atoms with Crippen molar-refractivity contribution in [3.63, 3.8) is 0 Å². The predicted molar refractivity (Wildman–Crippen MR) is 128 cm³/mol. The van der Waals surface area contributed by atoms with Crippen molar-refractivity contribution in [3.8, 4) is 0 Å². The van der Waals surface area contributed by atoms with Gasteiger partial charge in [-0.15, -0.1) is 0 Å². The number of carbonyl (C=O) groups excluding carboxylic acids is 4. The SMILES string of the molecule is CCCCC(=O)OCC(=O)[C@@]1(OC(C)=O)CC[C@H]2[C@@H]3CCC4=CC(=O)C=C[C@]4(C)[C@H]3C(O)C[C@@]21C. The number of fused-ring (bicyclic) bond motifs is 5. The minimum Gasteiger partial charge on any atom is -0.457 e. The van der Waals surface area contributed by atoms with E-state index in [4.69, 9.17) is 9.47 Å². The minimum atomic E-state index is -1.43. The van der Waals surface area contributed by atoms with E-state index in [9.17, 15) is 24.3 Å².